The van der Waals surface area contributed by atoms with E-state index in [9.17, 15) is 4.79 Å². The van der Waals surface area contributed by atoms with Crippen molar-refractivity contribution in [3.8, 4) is 0 Å². The molecule has 0 N–H and O–H groups in total. The molecule has 24 heavy (non-hydrogen) atoms. The maximum absolute atomic E-state index is 11.6. The maximum atomic E-state index is 11.6. The second-order valence-electron chi connectivity index (χ2n) is 7.19. The summed E-state index contributed by atoms with van der Waals surface area (Å²) in [5.74, 6) is 0.495. The minimum Gasteiger partial charge on any atom is -0.469 e. The van der Waals surface area contributed by atoms with E-state index >= 15 is 0 Å². The Labute approximate surface area is 145 Å². The number of nitrogens with zero attached hydrogens (tertiary/aromatic N) is 2. The van der Waals surface area contributed by atoms with Gasteiger partial charge in [0.05, 0.1) is 7.11 Å². The van der Waals surface area contributed by atoms with Crippen molar-refractivity contribution >= 4 is 5.97 Å². The van der Waals surface area contributed by atoms with Gasteiger partial charge in [0.15, 0.2) is 0 Å². The molecule has 0 spiro atoms. The molecule has 132 valence electrons. The molecule has 1 aromatic carbocycles. The highest BCUT2D eigenvalue weighted by Crippen LogP contribution is 2.29. The van der Waals surface area contributed by atoms with Gasteiger partial charge in [-0.3, -0.25) is 9.69 Å². The average molecular weight is 330 g/mol. The van der Waals surface area contributed by atoms with Gasteiger partial charge in [-0.1, -0.05) is 30.3 Å². The van der Waals surface area contributed by atoms with Crippen molar-refractivity contribution in [3.05, 3.63) is 35.9 Å². The van der Waals surface area contributed by atoms with E-state index in [1.54, 1.807) is 0 Å². The van der Waals surface area contributed by atoms with Crippen molar-refractivity contribution in [2.75, 3.05) is 33.3 Å². The van der Waals surface area contributed by atoms with E-state index in [1.165, 1.54) is 45.0 Å². The predicted molar refractivity (Wildman–Crippen MR) is 95.7 cm³/mol. The summed E-state index contributed by atoms with van der Waals surface area (Å²) in [5, 5.41) is 0. The van der Waals surface area contributed by atoms with Gasteiger partial charge in [0, 0.05) is 25.6 Å². The summed E-state index contributed by atoms with van der Waals surface area (Å²) in [6.07, 6.45) is 5.37. The van der Waals surface area contributed by atoms with E-state index in [1.807, 2.05) is 0 Å². The van der Waals surface area contributed by atoms with Crippen LogP contribution in [0.4, 0.5) is 0 Å². The van der Waals surface area contributed by atoms with Gasteiger partial charge < -0.3 is 9.64 Å². The van der Waals surface area contributed by atoms with Crippen LogP contribution in [0.25, 0.3) is 0 Å². The fourth-order valence-corrected chi connectivity index (χ4v) is 4.32. The van der Waals surface area contributed by atoms with Crippen LogP contribution in [0.1, 0.15) is 37.7 Å². The van der Waals surface area contributed by atoms with Crippen LogP contribution in [-0.2, 0) is 16.1 Å². The van der Waals surface area contributed by atoms with Crippen LogP contribution in [0.5, 0.6) is 0 Å². The molecule has 2 aliphatic heterocycles. The first-order valence-corrected chi connectivity index (χ1v) is 9.33. The van der Waals surface area contributed by atoms with Gasteiger partial charge in [0.1, 0.15) is 0 Å². The highest BCUT2D eigenvalue weighted by Gasteiger charge is 2.34. The molecule has 2 atom stereocenters. The zero-order valence-electron chi connectivity index (χ0n) is 14.8. The van der Waals surface area contributed by atoms with Crippen molar-refractivity contribution in [1.82, 2.24) is 9.80 Å². The summed E-state index contributed by atoms with van der Waals surface area (Å²) in [7, 11) is 1.49. The number of esters is 1. The lowest BCUT2D eigenvalue weighted by molar-refractivity contribution is -0.141. The minimum atomic E-state index is -0.0737. The first kappa shape index (κ1) is 17.4. The summed E-state index contributed by atoms with van der Waals surface area (Å²) in [6.45, 7) is 5.73. The Kier molecular flexibility index (Phi) is 6.27. The van der Waals surface area contributed by atoms with Crippen LogP contribution < -0.4 is 0 Å². The van der Waals surface area contributed by atoms with Gasteiger partial charge in [-0.05, 0) is 56.8 Å². The average Bonchev–Trinajstić information content (AvgIpc) is 3.15. The SMILES string of the molecule is COC(=O)CC[C@H]1CN(Cc2ccccc2)CC[C@H]1N1CCCC1. The molecule has 1 aromatic rings. The molecule has 4 nitrogen and oxygen atoms in total. The largest absolute Gasteiger partial charge is 0.469 e. The number of ether oxygens (including phenoxy) is 1. The van der Waals surface area contributed by atoms with Crippen LogP contribution in [0.2, 0.25) is 0 Å². The number of benzene rings is 1. The van der Waals surface area contributed by atoms with E-state index < -0.39 is 0 Å². The third-order valence-corrected chi connectivity index (χ3v) is 5.58. The van der Waals surface area contributed by atoms with E-state index in [0.29, 0.717) is 18.4 Å². The molecule has 0 saturated carbocycles. The fourth-order valence-electron chi connectivity index (χ4n) is 4.32. The second-order valence-corrected chi connectivity index (χ2v) is 7.19. The lowest BCUT2D eigenvalue weighted by Crippen LogP contribution is -2.50. The molecule has 2 aliphatic rings. The monoisotopic (exact) mass is 330 g/mol. The van der Waals surface area contributed by atoms with Crippen molar-refractivity contribution in [2.45, 2.75) is 44.7 Å². The lowest BCUT2D eigenvalue weighted by atomic mass is 9.87. The highest BCUT2D eigenvalue weighted by atomic mass is 16.5. The minimum absolute atomic E-state index is 0.0737. The molecule has 0 aliphatic carbocycles. The number of hydrogen-bond donors (Lipinski definition) is 0. The summed E-state index contributed by atoms with van der Waals surface area (Å²) in [4.78, 5) is 16.8. The predicted octanol–water partition coefficient (Wildman–Crippen LogP) is 2.93. The van der Waals surface area contributed by atoms with E-state index in [4.69, 9.17) is 4.74 Å². The van der Waals surface area contributed by atoms with Crippen LogP contribution >= 0.6 is 0 Å². The lowest BCUT2D eigenvalue weighted by Gasteiger charge is -2.43. The van der Waals surface area contributed by atoms with E-state index in [0.717, 1.165) is 26.1 Å². The molecule has 3 rings (SSSR count). The van der Waals surface area contributed by atoms with Gasteiger partial charge in [-0.15, -0.1) is 0 Å². The molecule has 0 radical (unpaired) electrons. The number of rotatable bonds is 6. The third kappa shape index (κ3) is 4.58. The van der Waals surface area contributed by atoms with Crippen LogP contribution in [0, 0.1) is 5.92 Å². The molecular weight excluding hydrogens is 300 g/mol. The molecule has 2 saturated heterocycles. The molecule has 0 amide bonds. The third-order valence-electron chi connectivity index (χ3n) is 5.58. The summed E-state index contributed by atoms with van der Waals surface area (Å²) in [5.41, 5.74) is 1.38. The van der Waals surface area contributed by atoms with E-state index in [-0.39, 0.29) is 5.97 Å². The van der Waals surface area contributed by atoms with Crippen molar-refractivity contribution in [1.29, 1.82) is 0 Å². The van der Waals surface area contributed by atoms with Gasteiger partial charge in [0.2, 0.25) is 0 Å². The zero-order chi connectivity index (χ0) is 16.8. The Morgan fingerprint density at radius 3 is 2.62 bits per heavy atom. The van der Waals surface area contributed by atoms with Crippen LogP contribution in [-0.4, -0.2) is 55.1 Å². The standard InChI is InChI=1S/C20H30N2O2/c1-24-20(23)10-9-18-16-21(15-17-7-3-2-4-8-17)14-11-19(18)22-12-5-6-13-22/h2-4,7-8,18-19H,5-6,9-16H2,1H3/t18-,19+/m0/s1. The first-order chi connectivity index (χ1) is 11.8. The zero-order valence-corrected chi connectivity index (χ0v) is 14.8. The molecule has 0 bridgehead atoms. The molecule has 2 fully saturated rings. The summed E-state index contributed by atoms with van der Waals surface area (Å²) < 4.78 is 4.86. The Hall–Kier alpha value is -1.39. The molecule has 4 heteroatoms. The molecule has 0 unspecified atom stereocenters. The smallest absolute Gasteiger partial charge is 0.305 e. The number of piperidine rings is 1. The number of hydrogen-bond acceptors (Lipinski definition) is 4. The normalized spacial score (nSPS) is 25.7. The highest BCUT2D eigenvalue weighted by molar-refractivity contribution is 5.69. The van der Waals surface area contributed by atoms with Crippen LogP contribution in [0.3, 0.4) is 0 Å². The quantitative estimate of drug-likeness (QED) is 0.751. The molecular formula is C20H30N2O2. The van der Waals surface area contributed by atoms with Crippen molar-refractivity contribution in [3.63, 3.8) is 0 Å². The van der Waals surface area contributed by atoms with Gasteiger partial charge >= 0.3 is 5.97 Å². The van der Waals surface area contributed by atoms with E-state index in [2.05, 4.69) is 40.1 Å². The second kappa shape index (κ2) is 8.63. The van der Waals surface area contributed by atoms with Gasteiger partial charge in [0.25, 0.3) is 0 Å². The number of carbonyl (C=O) groups is 1. The summed E-state index contributed by atoms with van der Waals surface area (Å²) >= 11 is 0. The van der Waals surface area contributed by atoms with Crippen LogP contribution in [0.15, 0.2) is 30.3 Å². The van der Waals surface area contributed by atoms with Gasteiger partial charge in [-0.2, -0.15) is 0 Å². The Morgan fingerprint density at radius 1 is 1.17 bits per heavy atom. The molecule has 2 heterocycles. The summed E-state index contributed by atoms with van der Waals surface area (Å²) in [6, 6.07) is 11.3. The van der Waals surface area contributed by atoms with Crippen molar-refractivity contribution in [2.24, 2.45) is 5.92 Å². The topological polar surface area (TPSA) is 32.8 Å². The van der Waals surface area contributed by atoms with Gasteiger partial charge in [-0.25, -0.2) is 0 Å². The number of likely N-dealkylation sites (tertiary alicyclic amines) is 2. The Bertz CT molecular complexity index is 514. The molecule has 0 aromatic heterocycles. The number of methoxy groups -OCH3 is 1. The first-order valence-electron chi connectivity index (χ1n) is 9.33. The number of carbonyl (C=O) groups excluding carboxylic acids is 1. The Morgan fingerprint density at radius 2 is 1.92 bits per heavy atom. The fraction of sp³-hybridized carbons (Fsp3) is 0.650. The van der Waals surface area contributed by atoms with Crippen molar-refractivity contribution < 1.29 is 9.53 Å². The Balaban J connectivity index is 1.61. The maximum Gasteiger partial charge on any atom is 0.305 e.